The molecular weight excluding hydrogens is 256 g/mol. The number of fused-ring (bicyclic) bond motifs is 1. The monoisotopic (exact) mass is 266 g/mol. The minimum atomic E-state index is -0.479. The first-order chi connectivity index (χ1) is 8.45. The van der Waals surface area contributed by atoms with E-state index in [1.165, 1.54) is 13.2 Å². The average molecular weight is 267 g/mol. The van der Waals surface area contributed by atoms with Crippen LogP contribution in [0.4, 0.5) is 5.69 Å². The van der Waals surface area contributed by atoms with Crippen LogP contribution in [-0.2, 0) is 0 Å². The van der Waals surface area contributed by atoms with Gasteiger partial charge in [-0.05, 0) is 25.5 Å². The fourth-order valence-electron chi connectivity index (χ4n) is 1.97. The van der Waals surface area contributed by atoms with Crippen LogP contribution in [0.5, 0.6) is 5.75 Å². The molecule has 0 fully saturated rings. The maximum absolute atomic E-state index is 11.1. The molecule has 0 unspecified atom stereocenters. The van der Waals surface area contributed by atoms with E-state index in [9.17, 15) is 10.1 Å². The van der Waals surface area contributed by atoms with Crippen molar-refractivity contribution in [3.05, 3.63) is 38.5 Å². The van der Waals surface area contributed by atoms with Gasteiger partial charge in [-0.15, -0.1) is 0 Å². The molecule has 18 heavy (non-hydrogen) atoms. The lowest BCUT2D eigenvalue weighted by molar-refractivity contribution is -0.383. The molecule has 0 aliphatic heterocycles. The third-order valence-corrected chi connectivity index (χ3v) is 3.08. The summed E-state index contributed by atoms with van der Waals surface area (Å²) in [6, 6.07) is 3.13. The lowest BCUT2D eigenvalue weighted by atomic mass is 10.1. The number of ether oxygens (including phenoxy) is 1. The zero-order valence-corrected chi connectivity index (χ0v) is 10.9. The Balaban J connectivity index is 3.01. The highest BCUT2D eigenvalue weighted by Gasteiger charge is 2.21. The van der Waals surface area contributed by atoms with Crippen molar-refractivity contribution in [1.82, 2.24) is 4.98 Å². The SMILES string of the molecule is COc1cc([N+](=O)[O-])c2nc(C)cc(C)c2c1Cl. The number of hydrogen-bond donors (Lipinski definition) is 0. The summed E-state index contributed by atoms with van der Waals surface area (Å²) in [4.78, 5) is 14.8. The van der Waals surface area contributed by atoms with Crippen molar-refractivity contribution in [2.45, 2.75) is 13.8 Å². The Hall–Kier alpha value is -1.88. The van der Waals surface area contributed by atoms with Crippen LogP contribution in [0.3, 0.4) is 0 Å². The van der Waals surface area contributed by atoms with Gasteiger partial charge in [-0.3, -0.25) is 10.1 Å². The van der Waals surface area contributed by atoms with Gasteiger partial charge in [0.15, 0.2) is 5.52 Å². The first kappa shape index (κ1) is 12.6. The number of rotatable bonds is 2. The van der Waals surface area contributed by atoms with Crippen molar-refractivity contribution in [3.63, 3.8) is 0 Å². The smallest absolute Gasteiger partial charge is 0.299 e. The highest BCUT2D eigenvalue weighted by Crippen LogP contribution is 2.39. The summed E-state index contributed by atoms with van der Waals surface area (Å²) in [7, 11) is 1.42. The number of benzene rings is 1. The molecule has 0 aliphatic rings. The van der Waals surface area contributed by atoms with Crippen LogP contribution in [0.2, 0.25) is 5.02 Å². The Morgan fingerprint density at radius 1 is 1.39 bits per heavy atom. The summed E-state index contributed by atoms with van der Waals surface area (Å²) >= 11 is 6.19. The van der Waals surface area contributed by atoms with Gasteiger partial charge >= 0.3 is 0 Å². The summed E-state index contributed by atoms with van der Waals surface area (Å²) in [5, 5.41) is 12.0. The van der Waals surface area contributed by atoms with Crippen molar-refractivity contribution in [2.75, 3.05) is 7.11 Å². The van der Waals surface area contributed by atoms with Gasteiger partial charge in [-0.25, -0.2) is 4.98 Å². The second-order valence-corrected chi connectivity index (χ2v) is 4.35. The van der Waals surface area contributed by atoms with Gasteiger partial charge < -0.3 is 4.74 Å². The number of non-ortho nitro benzene ring substituents is 1. The molecular formula is C12H11ClN2O3. The quantitative estimate of drug-likeness (QED) is 0.617. The molecule has 5 nitrogen and oxygen atoms in total. The third kappa shape index (κ3) is 1.86. The first-order valence-electron chi connectivity index (χ1n) is 5.24. The Labute approximate surface area is 108 Å². The van der Waals surface area contributed by atoms with Crippen molar-refractivity contribution in [2.24, 2.45) is 0 Å². The van der Waals surface area contributed by atoms with E-state index in [1.54, 1.807) is 6.92 Å². The number of methoxy groups -OCH3 is 1. The number of nitro groups is 1. The molecule has 0 saturated carbocycles. The molecule has 0 atom stereocenters. The molecule has 0 radical (unpaired) electrons. The van der Waals surface area contributed by atoms with Gasteiger partial charge in [0.2, 0.25) is 0 Å². The zero-order valence-electron chi connectivity index (χ0n) is 10.2. The maximum atomic E-state index is 11.1. The van der Waals surface area contributed by atoms with Gasteiger partial charge in [0.1, 0.15) is 5.75 Å². The largest absolute Gasteiger partial charge is 0.495 e. The minimum Gasteiger partial charge on any atom is -0.495 e. The van der Waals surface area contributed by atoms with E-state index in [0.29, 0.717) is 21.6 Å². The Morgan fingerprint density at radius 2 is 2.06 bits per heavy atom. The van der Waals surface area contributed by atoms with Crippen LogP contribution in [0, 0.1) is 24.0 Å². The Bertz CT molecular complexity index is 656. The van der Waals surface area contributed by atoms with Crippen LogP contribution in [0.1, 0.15) is 11.3 Å². The van der Waals surface area contributed by atoms with Crippen molar-refractivity contribution >= 4 is 28.2 Å². The lowest BCUT2D eigenvalue weighted by Gasteiger charge is -2.10. The molecule has 1 aromatic heterocycles. The number of nitrogens with zero attached hydrogens (tertiary/aromatic N) is 2. The van der Waals surface area contributed by atoms with E-state index >= 15 is 0 Å². The van der Waals surface area contributed by atoms with Crippen LogP contribution in [-0.4, -0.2) is 17.0 Å². The second-order valence-electron chi connectivity index (χ2n) is 3.97. The molecule has 94 valence electrons. The van der Waals surface area contributed by atoms with Crippen LogP contribution in [0.25, 0.3) is 10.9 Å². The average Bonchev–Trinajstić information content (AvgIpc) is 2.27. The number of hydrogen-bond acceptors (Lipinski definition) is 4. The van der Waals surface area contributed by atoms with Crippen molar-refractivity contribution in [3.8, 4) is 5.75 Å². The van der Waals surface area contributed by atoms with Crippen LogP contribution in [0.15, 0.2) is 12.1 Å². The van der Waals surface area contributed by atoms with Gasteiger partial charge in [0.05, 0.1) is 23.1 Å². The maximum Gasteiger partial charge on any atom is 0.299 e. The second kappa shape index (κ2) is 4.42. The molecule has 0 amide bonds. The summed E-state index contributed by atoms with van der Waals surface area (Å²) < 4.78 is 5.06. The normalized spacial score (nSPS) is 10.7. The van der Waals surface area contributed by atoms with Gasteiger partial charge in [-0.2, -0.15) is 0 Å². The molecule has 0 bridgehead atoms. The molecule has 1 aromatic carbocycles. The van der Waals surface area contributed by atoms with Gasteiger partial charge in [0, 0.05) is 11.1 Å². The standard InChI is InChI=1S/C12H11ClN2O3/c1-6-4-7(2)14-12-8(15(16)17)5-9(18-3)11(13)10(6)12/h4-5H,1-3H3. The van der Waals surface area contributed by atoms with Crippen LogP contribution < -0.4 is 4.74 Å². The topological polar surface area (TPSA) is 65.3 Å². The molecule has 2 rings (SSSR count). The number of aryl methyl sites for hydroxylation is 2. The summed E-state index contributed by atoms with van der Waals surface area (Å²) in [6.45, 7) is 3.63. The zero-order chi connectivity index (χ0) is 13.4. The fourth-order valence-corrected chi connectivity index (χ4v) is 2.34. The number of halogens is 1. The summed E-state index contributed by atoms with van der Waals surface area (Å²) in [5.74, 6) is 0.282. The van der Waals surface area contributed by atoms with E-state index in [-0.39, 0.29) is 11.4 Å². The Morgan fingerprint density at radius 3 is 2.61 bits per heavy atom. The summed E-state index contributed by atoms with van der Waals surface area (Å²) in [6.07, 6.45) is 0. The highest BCUT2D eigenvalue weighted by atomic mass is 35.5. The fraction of sp³-hybridized carbons (Fsp3) is 0.250. The van der Waals surface area contributed by atoms with Gasteiger partial charge in [-0.1, -0.05) is 11.6 Å². The van der Waals surface area contributed by atoms with E-state index < -0.39 is 4.92 Å². The predicted octanol–water partition coefficient (Wildman–Crippen LogP) is 3.42. The molecule has 6 heteroatoms. The van der Waals surface area contributed by atoms with Gasteiger partial charge in [0.25, 0.3) is 5.69 Å². The van der Waals surface area contributed by atoms with Crippen molar-refractivity contribution < 1.29 is 9.66 Å². The number of nitro benzene ring substituents is 1. The van der Waals surface area contributed by atoms with E-state index in [0.717, 1.165) is 5.56 Å². The van der Waals surface area contributed by atoms with Crippen LogP contribution >= 0.6 is 11.6 Å². The minimum absolute atomic E-state index is 0.0990. The molecule has 0 spiro atoms. The van der Waals surface area contributed by atoms with E-state index in [4.69, 9.17) is 16.3 Å². The predicted molar refractivity (Wildman–Crippen MR) is 69.4 cm³/mol. The molecule has 0 N–H and O–H groups in total. The third-order valence-electron chi connectivity index (χ3n) is 2.71. The molecule has 0 saturated heterocycles. The first-order valence-corrected chi connectivity index (χ1v) is 5.62. The lowest BCUT2D eigenvalue weighted by Crippen LogP contribution is -1.97. The van der Waals surface area contributed by atoms with E-state index in [2.05, 4.69) is 4.98 Å². The number of aromatic nitrogens is 1. The Kier molecular flexibility index (Phi) is 3.09. The highest BCUT2D eigenvalue weighted by molar-refractivity contribution is 6.37. The molecule has 2 aromatic rings. The van der Waals surface area contributed by atoms with Crippen molar-refractivity contribution in [1.29, 1.82) is 0 Å². The number of pyridine rings is 1. The molecule has 1 heterocycles. The van der Waals surface area contributed by atoms with E-state index in [1.807, 2.05) is 13.0 Å². The summed E-state index contributed by atoms with van der Waals surface area (Å²) in [5.41, 5.74) is 1.75. The molecule has 0 aliphatic carbocycles.